The molecule has 1 saturated heterocycles. The van der Waals surface area contributed by atoms with Crippen molar-refractivity contribution in [3.8, 4) is 0 Å². The predicted molar refractivity (Wildman–Crippen MR) is 65.6 cm³/mol. The zero-order chi connectivity index (χ0) is 12.6. The Hall–Kier alpha value is -1.44. The van der Waals surface area contributed by atoms with Gasteiger partial charge < -0.3 is 9.73 Å². The van der Waals surface area contributed by atoms with Crippen molar-refractivity contribution in [2.75, 3.05) is 13.1 Å². The van der Waals surface area contributed by atoms with Gasteiger partial charge in [0, 0.05) is 12.6 Å². The van der Waals surface area contributed by atoms with Crippen LogP contribution in [0.15, 0.2) is 33.9 Å². The Labute approximate surface area is 104 Å². The van der Waals surface area contributed by atoms with Gasteiger partial charge in [0.2, 0.25) is 0 Å². The second-order valence-electron chi connectivity index (χ2n) is 4.26. The van der Waals surface area contributed by atoms with Crippen molar-refractivity contribution in [3.05, 3.63) is 24.3 Å². The van der Waals surface area contributed by atoms with Crippen LogP contribution in [0.5, 0.6) is 0 Å². The van der Waals surface area contributed by atoms with Crippen LogP contribution in [0.2, 0.25) is 0 Å². The van der Waals surface area contributed by atoms with E-state index in [4.69, 9.17) is 4.42 Å². The van der Waals surface area contributed by atoms with Crippen molar-refractivity contribution >= 4 is 21.1 Å². The molecule has 1 aliphatic rings. The molecule has 1 aliphatic heterocycles. The zero-order valence-electron chi connectivity index (χ0n) is 9.59. The number of para-hydroxylation sites is 2. The van der Waals surface area contributed by atoms with Crippen LogP contribution in [0.3, 0.4) is 0 Å². The van der Waals surface area contributed by atoms with Gasteiger partial charge in [-0.2, -0.15) is 4.98 Å². The Balaban J connectivity index is 1.92. The molecule has 1 aromatic carbocycles. The van der Waals surface area contributed by atoms with E-state index in [0.29, 0.717) is 17.6 Å². The summed E-state index contributed by atoms with van der Waals surface area (Å²) in [5.41, 5.74) is 1.02. The zero-order valence-corrected chi connectivity index (χ0v) is 10.4. The highest BCUT2D eigenvalue weighted by Gasteiger charge is 2.26. The minimum absolute atomic E-state index is 0.0926. The molecule has 0 bridgehead atoms. The number of oxazole rings is 1. The van der Waals surface area contributed by atoms with E-state index in [9.17, 15) is 8.42 Å². The maximum Gasteiger partial charge on any atom is 0.331 e. The number of aromatic nitrogens is 1. The van der Waals surface area contributed by atoms with Gasteiger partial charge in [-0.1, -0.05) is 12.1 Å². The molecule has 6 nitrogen and oxygen atoms in total. The molecule has 0 aliphatic carbocycles. The van der Waals surface area contributed by atoms with Crippen molar-refractivity contribution in [3.63, 3.8) is 0 Å². The molecule has 0 spiro atoms. The molecule has 96 valence electrons. The number of fused-ring (bicyclic) bond motifs is 1. The molecule has 3 rings (SSSR count). The summed E-state index contributed by atoms with van der Waals surface area (Å²) in [5, 5.41) is 2.83. The molecule has 2 heterocycles. The largest absolute Gasteiger partial charge is 0.427 e. The van der Waals surface area contributed by atoms with E-state index in [2.05, 4.69) is 15.0 Å². The van der Waals surface area contributed by atoms with Gasteiger partial charge in [0.25, 0.3) is 10.0 Å². The predicted octanol–water partition coefficient (Wildman–Crippen LogP) is 0.468. The molecule has 18 heavy (non-hydrogen) atoms. The van der Waals surface area contributed by atoms with Crippen LogP contribution in [-0.2, 0) is 10.0 Å². The Morgan fingerprint density at radius 1 is 1.39 bits per heavy atom. The summed E-state index contributed by atoms with van der Waals surface area (Å²) in [6, 6.07) is 6.88. The maximum absolute atomic E-state index is 12.1. The molecule has 2 aromatic rings. The summed E-state index contributed by atoms with van der Waals surface area (Å²) >= 11 is 0. The summed E-state index contributed by atoms with van der Waals surface area (Å²) in [6.45, 7) is 1.46. The van der Waals surface area contributed by atoms with E-state index in [0.717, 1.165) is 13.0 Å². The van der Waals surface area contributed by atoms with Crippen molar-refractivity contribution in [1.29, 1.82) is 0 Å². The van der Waals surface area contributed by atoms with E-state index < -0.39 is 10.0 Å². The van der Waals surface area contributed by atoms with Gasteiger partial charge in [0.1, 0.15) is 5.52 Å². The second-order valence-corrected chi connectivity index (χ2v) is 5.85. The van der Waals surface area contributed by atoms with E-state index in [1.54, 1.807) is 24.3 Å². The fraction of sp³-hybridized carbons (Fsp3) is 0.364. The molecule has 1 aromatic heterocycles. The highest BCUT2D eigenvalue weighted by atomic mass is 32.2. The molecule has 1 atom stereocenters. The van der Waals surface area contributed by atoms with Crippen molar-refractivity contribution < 1.29 is 12.8 Å². The molecule has 0 unspecified atom stereocenters. The normalized spacial score (nSPS) is 20.6. The van der Waals surface area contributed by atoms with Crippen molar-refractivity contribution in [2.45, 2.75) is 17.7 Å². The van der Waals surface area contributed by atoms with Crippen LogP contribution in [0, 0.1) is 0 Å². The van der Waals surface area contributed by atoms with Crippen LogP contribution in [0.1, 0.15) is 6.42 Å². The summed E-state index contributed by atoms with van der Waals surface area (Å²) in [6.07, 6.45) is 0.777. The first kappa shape index (κ1) is 11.6. The molecule has 7 heteroatoms. The van der Waals surface area contributed by atoms with Gasteiger partial charge in [-0.3, -0.25) is 0 Å². The molecular formula is C11H13N3O3S. The molecule has 0 radical (unpaired) electrons. The molecule has 1 fully saturated rings. The Morgan fingerprint density at radius 3 is 2.94 bits per heavy atom. The third-order valence-corrected chi connectivity index (χ3v) is 4.16. The molecular weight excluding hydrogens is 254 g/mol. The average molecular weight is 267 g/mol. The number of hydrogen-bond donors (Lipinski definition) is 2. The van der Waals surface area contributed by atoms with Crippen molar-refractivity contribution in [1.82, 2.24) is 15.0 Å². The highest BCUT2D eigenvalue weighted by Crippen LogP contribution is 2.18. The maximum atomic E-state index is 12.1. The van der Waals surface area contributed by atoms with Crippen LogP contribution < -0.4 is 10.0 Å². The third-order valence-electron chi connectivity index (χ3n) is 2.89. The number of hydrogen-bond acceptors (Lipinski definition) is 5. The van der Waals surface area contributed by atoms with Gasteiger partial charge in [-0.15, -0.1) is 0 Å². The number of nitrogens with one attached hydrogen (secondary N) is 2. The fourth-order valence-corrected chi connectivity index (χ4v) is 3.15. The molecule has 0 amide bonds. The number of nitrogens with zero attached hydrogens (tertiary/aromatic N) is 1. The van der Waals surface area contributed by atoms with E-state index >= 15 is 0 Å². The Morgan fingerprint density at radius 2 is 2.22 bits per heavy atom. The topological polar surface area (TPSA) is 84.2 Å². The first-order valence-electron chi connectivity index (χ1n) is 5.74. The lowest BCUT2D eigenvalue weighted by molar-refractivity contribution is 0.448. The smallest absolute Gasteiger partial charge is 0.331 e. The molecule has 0 saturated carbocycles. The first-order chi connectivity index (χ1) is 8.65. The van der Waals surface area contributed by atoms with Gasteiger partial charge in [0.15, 0.2) is 5.58 Å². The van der Waals surface area contributed by atoms with Gasteiger partial charge in [0.05, 0.1) is 0 Å². The van der Waals surface area contributed by atoms with Gasteiger partial charge in [-0.25, -0.2) is 13.1 Å². The summed E-state index contributed by atoms with van der Waals surface area (Å²) in [4.78, 5) is 3.99. The van der Waals surface area contributed by atoms with E-state index in [1.807, 2.05) is 0 Å². The quantitative estimate of drug-likeness (QED) is 0.844. The lowest BCUT2D eigenvalue weighted by Gasteiger charge is -2.08. The van der Waals surface area contributed by atoms with Crippen LogP contribution in [-0.4, -0.2) is 32.5 Å². The number of rotatable bonds is 3. The number of sulfonamides is 1. The van der Waals surface area contributed by atoms with Crippen LogP contribution in [0.4, 0.5) is 0 Å². The third kappa shape index (κ3) is 2.12. The summed E-state index contributed by atoms with van der Waals surface area (Å²) in [5.74, 6) is 0. The Bertz CT molecular complexity index is 626. The average Bonchev–Trinajstić information content (AvgIpc) is 2.96. The monoisotopic (exact) mass is 267 g/mol. The minimum Gasteiger partial charge on any atom is -0.427 e. The van der Waals surface area contributed by atoms with Gasteiger partial charge >= 0.3 is 5.22 Å². The van der Waals surface area contributed by atoms with Crippen LogP contribution in [0.25, 0.3) is 11.1 Å². The standard InChI is InChI=1S/C11H13N3O3S/c15-18(16,14-8-5-6-12-7-8)11-13-9-3-1-2-4-10(9)17-11/h1-4,8,12,14H,5-7H2/t8-/m0/s1. The minimum atomic E-state index is -3.67. The Kier molecular flexibility index (Phi) is 2.81. The van der Waals surface area contributed by atoms with E-state index in [-0.39, 0.29) is 11.3 Å². The fourth-order valence-electron chi connectivity index (χ4n) is 1.99. The lowest BCUT2D eigenvalue weighted by Crippen LogP contribution is -2.36. The first-order valence-corrected chi connectivity index (χ1v) is 7.22. The highest BCUT2D eigenvalue weighted by molar-refractivity contribution is 7.89. The van der Waals surface area contributed by atoms with Crippen molar-refractivity contribution in [2.24, 2.45) is 0 Å². The summed E-state index contributed by atoms with van der Waals surface area (Å²) in [7, 11) is -3.67. The SMILES string of the molecule is O=S(=O)(N[C@H]1CCNC1)c1nc2ccccc2o1. The number of benzene rings is 1. The van der Waals surface area contributed by atoms with Crippen LogP contribution >= 0.6 is 0 Å². The molecule has 2 N–H and O–H groups in total. The second kappa shape index (κ2) is 4.34. The lowest BCUT2D eigenvalue weighted by atomic mass is 10.3. The van der Waals surface area contributed by atoms with Gasteiger partial charge in [-0.05, 0) is 25.1 Å². The summed E-state index contributed by atoms with van der Waals surface area (Å²) < 4.78 is 32.0. The van der Waals surface area contributed by atoms with E-state index in [1.165, 1.54) is 0 Å².